The Kier molecular flexibility index (Phi) is 3.92. The summed E-state index contributed by atoms with van der Waals surface area (Å²) in [6.45, 7) is 1.92. The first-order valence-electron chi connectivity index (χ1n) is 4.51. The number of anilines is 1. The van der Waals surface area contributed by atoms with E-state index in [4.69, 9.17) is 5.73 Å². The minimum atomic E-state index is -3.82. The van der Waals surface area contributed by atoms with Gasteiger partial charge in [-0.15, -0.1) is 0 Å². The fraction of sp³-hybridized carbons (Fsp3) is 0.333. The van der Waals surface area contributed by atoms with Crippen LogP contribution in [0.25, 0.3) is 0 Å². The zero-order chi connectivity index (χ0) is 12.5. The van der Waals surface area contributed by atoms with Crippen LogP contribution in [0.4, 0.5) is 10.1 Å². The molecule has 1 rings (SSSR count). The van der Waals surface area contributed by atoms with Crippen LogP contribution in [0.5, 0.6) is 0 Å². The lowest BCUT2D eigenvalue weighted by molar-refractivity contribution is 0.477. The zero-order valence-electron chi connectivity index (χ0n) is 8.87. The average molecular weight is 311 g/mol. The van der Waals surface area contributed by atoms with Gasteiger partial charge in [0.05, 0.1) is 4.47 Å². The molecule has 0 atom stereocenters. The van der Waals surface area contributed by atoms with E-state index < -0.39 is 20.7 Å². The molecular formula is C9H12BrFN2O2S. The van der Waals surface area contributed by atoms with Gasteiger partial charge in [0.1, 0.15) is 4.90 Å². The maximum Gasteiger partial charge on any atom is 0.245 e. The summed E-state index contributed by atoms with van der Waals surface area (Å²) >= 11 is 2.92. The van der Waals surface area contributed by atoms with Crippen molar-refractivity contribution in [2.45, 2.75) is 11.8 Å². The van der Waals surface area contributed by atoms with E-state index in [2.05, 4.69) is 15.9 Å². The average Bonchev–Trinajstić information content (AvgIpc) is 2.21. The lowest BCUT2D eigenvalue weighted by Crippen LogP contribution is -2.27. The molecule has 0 heterocycles. The molecule has 1 aromatic carbocycles. The molecule has 0 aliphatic rings. The second kappa shape index (κ2) is 4.68. The molecule has 4 nitrogen and oxygen atoms in total. The van der Waals surface area contributed by atoms with Crippen LogP contribution in [0.3, 0.4) is 0 Å². The number of nitrogen functional groups attached to an aromatic ring is 1. The minimum absolute atomic E-state index is 0.0376. The molecule has 0 aliphatic carbocycles. The molecule has 16 heavy (non-hydrogen) atoms. The van der Waals surface area contributed by atoms with Crippen molar-refractivity contribution in [1.82, 2.24) is 4.31 Å². The molecule has 0 radical (unpaired) electrons. The first-order chi connectivity index (χ1) is 7.30. The van der Waals surface area contributed by atoms with Crippen LogP contribution >= 0.6 is 15.9 Å². The standard InChI is InChI=1S/C9H12BrFN2O2S/c1-3-13(2)16(14,15)8-5-6(12)4-7(10)9(8)11/h4-5H,3,12H2,1-2H3. The Balaban J connectivity index is 3.45. The largest absolute Gasteiger partial charge is 0.399 e. The Labute approximate surface area is 102 Å². The van der Waals surface area contributed by atoms with E-state index in [0.29, 0.717) is 0 Å². The maximum absolute atomic E-state index is 13.7. The van der Waals surface area contributed by atoms with Gasteiger partial charge in [0.2, 0.25) is 10.0 Å². The summed E-state index contributed by atoms with van der Waals surface area (Å²) in [6, 6.07) is 2.43. The van der Waals surface area contributed by atoms with E-state index in [-0.39, 0.29) is 16.7 Å². The van der Waals surface area contributed by atoms with E-state index in [1.54, 1.807) is 6.92 Å². The van der Waals surface area contributed by atoms with Gasteiger partial charge in [0.15, 0.2) is 5.82 Å². The summed E-state index contributed by atoms with van der Waals surface area (Å²) in [7, 11) is -2.44. The Hall–Kier alpha value is -0.660. The van der Waals surface area contributed by atoms with Gasteiger partial charge in [-0.2, -0.15) is 0 Å². The highest BCUT2D eigenvalue weighted by atomic mass is 79.9. The topological polar surface area (TPSA) is 63.4 Å². The van der Waals surface area contributed by atoms with Crippen LogP contribution in [-0.2, 0) is 10.0 Å². The van der Waals surface area contributed by atoms with Crippen LogP contribution in [0.1, 0.15) is 6.92 Å². The summed E-state index contributed by atoms with van der Waals surface area (Å²) < 4.78 is 38.6. The monoisotopic (exact) mass is 310 g/mol. The van der Waals surface area contributed by atoms with Gasteiger partial charge >= 0.3 is 0 Å². The van der Waals surface area contributed by atoms with Crippen molar-refractivity contribution in [3.05, 3.63) is 22.4 Å². The van der Waals surface area contributed by atoms with Gasteiger partial charge in [-0.05, 0) is 28.1 Å². The van der Waals surface area contributed by atoms with Crippen LogP contribution in [0, 0.1) is 5.82 Å². The first kappa shape index (κ1) is 13.4. The second-order valence-electron chi connectivity index (χ2n) is 3.23. The Morgan fingerprint density at radius 3 is 2.56 bits per heavy atom. The molecule has 1 aromatic rings. The Morgan fingerprint density at radius 1 is 1.50 bits per heavy atom. The summed E-state index contributed by atoms with van der Waals surface area (Å²) in [5, 5.41) is 0. The quantitative estimate of drug-likeness (QED) is 0.866. The van der Waals surface area contributed by atoms with E-state index in [0.717, 1.165) is 10.4 Å². The Bertz CT molecular complexity index is 504. The molecule has 90 valence electrons. The van der Waals surface area contributed by atoms with Crippen molar-refractivity contribution >= 4 is 31.6 Å². The smallest absolute Gasteiger partial charge is 0.245 e. The number of hydrogen-bond acceptors (Lipinski definition) is 3. The maximum atomic E-state index is 13.7. The highest BCUT2D eigenvalue weighted by Crippen LogP contribution is 2.27. The first-order valence-corrected chi connectivity index (χ1v) is 6.74. The third-order valence-corrected chi connectivity index (χ3v) is 4.66. The van der Waals surface area contributed by atoms with Crippen molar-refractivity contribution in [2.75, 3.05) is 19.3 Å². The number of rotatable bonds is 3. The number of nitrogens with zero attached hydrogens (tertiary/aromatic N) is 1. The predicted molar refractivity (Wildman–Crippen MR) is 64.0 cm³/mol. The Morgan fingerprint density at radius 2 is 2.06 bits per heavy atom. The normalized spacial score (nSPS) is 12.1. The lowest BCUT2D eigenvalue weighted by atomic mass is 10.3. The molecule has 0 bridgehead atoms. The van der Waals surface area contributed by atoms with Crippen LogP contribution in [-0.4, -0.2) is 26.3 Å². The fourth-order valence-electron chi connectivity index (χ4n) is 1.11. The van der Waals surface area contributed by atoms with Crippen molar-refractivity contribution in [3.63, 3.8) is 0 Å². The summed E-state index contributed by atoms with van der Waals surface area (Å²) in [4.78, 5) is -0.413. The molecule has 0 amide bonds. The van der Waals surface area contributed by atoms with Crippen molar-refractivity contribution < 1.29 is 12.8 Å². The van der Waals surface area contributed by atoms with Crippen molar-refractivity contribution in [3.8, 4) is 0 Å². The third kappa shape index (κ3) is 2.36. The molecule has 0 aromatic heterocycles. The molecule has 7 heteroatoms. The van der Waals surface area contributed by atoms with Crippen LogP contribution in [0.15, 0.2) is 21.5 Å². The number of nitrogens with two attached hydrogens (primary N) is 1. The number of halogens is 2. The van der Waals surface area contributed by atoms with Gasteiger partial charge in [-0.1, -0.05) is 6.92 Å². The number of hydrogen-bond donors (Lipinski definition) is 1. The minimum Gasteiger partial charge on any atom is -0.399 e. The van der Waals surface area contributed by atoms with Crippen molar-refractivity contribution in [2.24, 2.45) is 0 Å². The number of sulfonamides is 1. The third-order valence-electron chi connectivity index (χ3n) is 2.15. The molecule has 2 N–H and O–H groups in total. The summed E-state index contributed by atoms with van der Waals surface area (Å²) in [6.07, 6.45) is 0. The van der Waals surface area contributed by atoms with E-state index >= 15 is 0 Å². The lowest BCUT2D eigenvalue weighted by Gasteiger charge is -2.16. The van der Waals surface area contributed by atoms with E-state index in [1.165, 1.54) is 13.1 Å². The fourth-order valence-corrected chi connectivity index (χ4v) is 3.02. The highest BCUT2D eigenvalue weighted by molar-refractivity contribution is 9.10. The molecule has 0 unspecified atom stereocenters. The van der Waals surface area contributed by atoms with Crippen LogP contribution in [0.2, 0.25) is 0 Å². The molecule has 0 saturated carbocycles. The SMILES string of the molecule is CCN(C)S(=O)(=O)c1cc(N)cc(Br)c1F. The molecule has 0 aliphatic heterocycles. The van der Waals surface area contributed by atoms with Gasteiger partial charge < -0.3 is 5.73 Å². The van der Waals surface area contributed by atoms with Crippen LogP contribution < -0.4 is 5.73 Å². The van der Waals surface area contributed by atoms with Gasteiger partial charge in [-0.25, -0.2) is 17.1 Å². The zero-order valence-corrected chi connectivity index (χ0v) is 11.3. The predicted octanol–water partition coefficient (Wildman–Crippen LogP) is 1.81. The number of benzene rings is 1. The van der Waals surface area contributed by atoms with Gasteiger partial charge in [0, 0.05) is 19.3 Å². The van der Waals surface area contributed by atoms with E-state index in [1.807, 2.05) is 0 Å². The molecule has 0 saturated heterocycles. The van der Waals surface area contributed by atoms with Gasteiger partial charge in [-0.3, -0.25) is 0 Å². The summed E-state index contributed by atoms with van der Waals surface area (Å²) in [5.74, 6) is -0.825. The van der Waals surface area contributed by atoms with Gasteiger partial charge in [0.25, 0.3) is 0 Å². The van der Waals surface area contributed by atoms with E-state index in [9.17, 15) is 12.8 Å². The molecule has 0 spiro atoms. The molecule has 0 fully saturated rings. The van der Waals surface area contributed by atoms with Crippen molar-refractivity contribution in [1.29, 1.82) is 0 Å². The molecular weight excluding hydrogens is 299 g/mol. The highest BCUT2D eigenvalue weighted by Gasteiger charge is 2.25. The summed E-state index contributed by atoms with van der Waals surface area (Å²) in [5.41, 5.74) is 5.68. The second-order valence-corrected chi connectivity index (χ2v) is 6.10.